The number of para-hydroxylation sites is 1. The highest BCUT2D eigenvalue weighted by atomic mass is 16.4. The van der Waals surface area contributed by atoms with Gasteiger partial charge >= 0.3 is 5.97 Å². The Morgan fingerprint density at radius 3 is 2.62 bits per heavy atom. The molecule has 16 heavy (non-hydrogen) atoms. The number of aromatic carboxylic acids is 1. The smallest absolute Gasteiger partial charge is 0.337 e. The van der Waals surface area contributed by atoms with E-state index in [-0.39, 0.29) is 16.8 Å². The molecule has 0 heterocycles. The summed E-state index contributed by atoms with van der Waals surface area (Å²) < 4.78 is 0. The molecule has 0 atom stereocenters. The van der Waals surface area contributed by atoms with Gasteiger partial charge in [0.25, 0.3) is 0 Å². The van der Waals surface area contributed by atoms with Crippen LogP contribution in [0.15, 0.2) is 18.2 Å². The van der Waals surface area contributed by atoms with Crippen LogP contribution in [0, 0.1) is 0 Å². The highest BCUT2D eigenvalue weighted by Crippen LogP contribution is 2.26. The summed E-state index contributed by atoms with van der Waals surface area (Å²) in [5.41, 5.74) is 6.79. The average molecular weight is 222 g/mol. The minimum Gasteiger partial charge on any atom is -0.478 e. The second kappa shape index (κ2) is 4.43. The summed E-state index contributed by atoms with van der Waals surface area (Å²) in [5, 5.41) is 12.2. The first-order valence-corrected chi connectivity index (χ1v) is 5.27. The third kappa shape index (κ3) is 2.66. The SMILES string of the molecule is CCC(C)(C)Nc1cccc(C(=O)O)c1N. The lowest BCUT2D eigenvalue weighted by atomic mass is 10.0. The lowest BCUT2D eigenvalue weighted by Gasteiger charge is -2.27. The van der Waals surface area contributed by atoms with Gasteiger partial charge in [-0.2, -0.15) is 0 Å². The summed E-state index contributed by atoms with van der Waals surface area (Å²) in [7, 11) is 0. The van der Waals surface area contributed by atoms with Gasteiger partial charge in [-0.15, -0.1) is 0 Å². The van der Waals surface area contributed by atoms with Gasteiger partial charge in [-0.3, -0.25) is 0 Å². The van der Waals surface area contributed by atoms with Crippen LogP contribution in [-0.4, -0.2) is 16.6 Å². The number of benzene rings is 1. The van der Waals surface area contributed by atoms with E-state index in [1.165, 1.54) is 6.07 Å². The molecule has 0 fully saturated rings. The van der Waals surface area contributed by atoms with Gasteiger partial charge in [0.1, 0.15) is 0 Å². The molecule has 0 aliphatic carbocycles. The van der Waals surface area contributed by atoms with Crippen molar-refractivity contribution in [3.8, 4) is 0 Å². The number of nitrogens with two attached hydrogens (primary N) is 1. The zero-order valence-electron chi connectivity index (χ0n) is 9.87. The van der Waals surface area contributed by atoms with Gasteiger partial charge in [0.15, 0.2) is 0 Å². The summed E-state index contributed by atoms with van der Waals surface area (Å²) in [6.45, 7) is 6.14. The molecule has 1 aromatic carbocycles. The molecule has 0 unspecified atom stereocenters. The molecule has 4 N–H and O–H groups in total. The third-order valence-electron chi connectivity index (χ3n) is 2.69. The van der Waals surface area contributed by atoms with Gasteiger partial charge in [0.05, 0.1) is 16.9 Å². The predicted octanol–water partition coefficient (Wildman–Crippen LogP) is 2.57. The van der Waals surface area contributed by atoms with Gasteiger partial charge in [-0.1, -0.05) is 13.0 Å². The number of anilines is 2. The minimum absolute atomic E-state index is 0.106. The van der Waals surface area contributed by atoms with Gasteiger partial charge in [0.2, 0.25) is 0 Å². The maximum absolute atomic E-state index is 10.9. The van der Waals surface area contributed by atoms with Gasteiger partial charge in [-0.25, -0.2) is 4.79 Å². The fourth-order valence-corrected chi connectivity index (χ4v) is 1.31. The fourth-order valence-electron chi connectivity index (χ4n) is 1.31. The van der Waals surface area contributed by atoms with E-state index in [1.54, 1.807) is 12.1 Å². The van der Waals surface area contributed by atoms with Crippen LogP contribution in [0.25, 0.3) is 0 Å². The van der Waals surface area contributed by atoms with Crippen LogP contribution in [0.1, 0.15) is 37.6 Å². The number of carboxylic acids is 1. The Hall–Kier alpha value is -1.71. The lowest BCUT2D eigenvalue weighted by molar-refractivity contribution is 0.0698. The molecule has 0 amide bonds. The molecule has 0 aliphatic rings. The Bertz CT molecular complexity index is 400. The number of hydrogen-bond donors (Lipinski definition) is 3. The minimum atomic E-state index is -1.00. The van der Waals surface area contributed by atoms with Crippen LogP contribution in [0.2, 0.25) is 0 Å². The van der Waals surface area contributed by atoms with Crippen molar-refractivity contribution in [2.24, 2.45) is 0 Å². The number of carboxylic acid groups (broad SMARTS) is 1. The summed E-state index contributed by atoms with van der Waals surface area (Å²) >= 11 is 0. The molecular formula is C12H18N2O2. The molecule has 4 heteroatoms. The molecule has 1 aromatic rings. The number of nitrogen functional groups attached to an aromatic ring is 1. The first kappa shape index (κ1) is 12.4. The molecule has 4 nitrogen and oxygen atoms in total. The first-order valence-electron chi connectivity index (χ1n) is 5.27. The van der Waals surface area contributed by atoms with Crippen molar-refractivity contribution < 1.29 is 9.90 Å². The maximum Gasteiger partial charge on any atom is 0.337 e. The van der Waals surface area contributed by atoms with Crippen molar-refractivity contribution in [1.29, 1.82) is 0 Å². The molecular weight excluding hydrogens is 204 g/mol. The highest BCUT2D eigenvalue weighted by molar-refractivity contribution is 5.97. The second-order valence-electron chi connectivity index (χ2n) is 4.43. The monoisotopic (exact) mass is 222 g/mol. The lowest BCUT2D eigenvalue weighted by Crippen LogP contribution is -2.30. The van der Waals surface area contributed by atoms with E-state index in [1.807, 2.05) is 13.8 Å². The summed E-state index contributed by atoms with van der Waals surface area (Å²) in [6.07, 6.45) is 0.920. The quantitative estimate of drug-likeness (QED) is 0.684. The zero-order chi connectivity index (χ0) is 12.3. The highest BCUT2D eigenvalue weighted by Gasteiger charge is 2.18. The van der Waals surface area contributed by atoms with E-state index >= 15 is 0 Å². The van der Waals surface area contributed by atoms with Gasteiger partial charge in [-0.05, 0) is 32.4 Å². The standard InChI is InChI=1S/C12H18N2O2/c1-4-12(2,3)14-9-7-5-6-8(10(9)13)11(15)16/h5-7,14H,4,13H2,1-3H3,(H,15,16). The molecule has 0 spiro atoms. The molecule has 1 rings (SSSR count). The average Bonchev–Trinajstić information content (AvgIpc) is 2.20. The second-order valence-corrected chi connectivity index (χ2v) is 4.43. The third-order valence-corrected chi connectivity index (χ3v) is 2.69. The normalized spacial score (nSPS) is 11.2. The van der Waals surface area contributed by atoms with E-state index in [0.29, 0.717) is 5.69 Å². The zero-order valence-corrected chi connectivity index (χ0v) is 9.87. The molecule has 88 valence electrons. The summed E-state index contributed by atoms with van der Waals surface area (Å²) in [6, 6.07) is 4.98. The van der Waals surface area contributed by atoms with Crippen LogP contribution in [0.4, 0.5) is 11.4 Å². The van der Waals surface area contributed by atoms with Crippen molar-refractivity contribution in [2.45, 2.75) is 32.7 Å². The number of nitrogens with one attached hydrogen (secondary N) is 1. The Morgan fingerprint density at radius 2 is 2.12 bits per heavy atom. The van der Waals surface area contributed by atoms with E-state index in [2.05, 4.69) is 12.2 Å². The number of hydrogen-bond acceptors (Lipinski definition) is 3. The summed E-state index contributed by atoms with van der Waals surface area (Å²) in [4.78, 5) is 10.9. The molecule has 0 bridgehead atoms. The first-order chi connectivity index (χ1) is 7.37. The van der Waals surface area contributed by atoms with Crippen molar-refractivity contribution in [3.05, 3.63) is 23.8 Å². The van der Waals surface area contributed by atoms with Crippen molar-refractivity contribution >= 4 is 17.3 Å². The number of carbonyl (C=O) groups is 1. The molecule has 0 aromatic heterocycles. The van der Waals surface area contributed by atoms with E-state index < -0.39 is 5.97 Å². The van der Waals surface area contributed by atoms with E-state index in [9.17, 15) is 4.79 Å². The fraction of sp³-hybridized carbons (Fsp3) is 0.417. The Morgan fingerprint density at radius 1 is 1.50 bits per heavy atom. The van der Waals surface area contributed by atoms with Crippen LogP contribution in [0.5, 0.6) is 0 Å². The Labute approximate surface area is 95.5 Å². The van der Waals surface area contributed by atoms with Crippen molar-refractivity contribution in [1.82, 2.24) is 0 Å². The number of rotatable bonds is 4. The maximum atomic E-state index is 10.9. The molecule has 0 radical (unpaired) electrons. The van der Waals surface area contributed by atoms with Crippen molar-refractivity contribution in [3.63, 3.8) is 0 Å². The van der Waals surface area contributed by atoms with Crippen LogP contribution in [-0.2, 0) is 0 Å². The predicted molar refractivity (Wildman–Crippen MR) is 65.8 cm³/mol. The largest absolute Gasteiger partial charge is 0.478 e. The van der Waals surface area contributed by atoms with Crippen LogP contribution >= 0.6 is 0 Å². The van der Waals surface area contributed by atoms with Crippen molar-refractivity contribution in [2.75, 3.05) is 11.1 Å². The van der Waals surface area contributed by atoms with Gasteiger partial charge < -0.3 is 16.2 Å². The summed E-state index contributed by atoms with van der Waals surface area (Å²) in [5.74, 6) is -1.00. The van der Waals surface area contributed by atoms with E-state index in [4.69, 9.17) is 10.8 Å². The molecule has 0 aliphatic heterocycles. The van der Waals surface area contributed by atoms with Crippen LogP contribution < -0.4 is 11.1 Å². The Balaban J connectivity index is 3.07. The molecule has 0 saturated carbocycles. The van der Waals surface area contributed by atoms with Crippen LogP contribution in [0.3, 0.4) is 0 Å². The van der Waals surface area contributed by atoms with Gasteiger partial charge in [0, 0.05) is 5.54 Å². The van der Waals surface area contributed by atoms with E-state index in [0.717, 1.165) is 6.42 Å². The topological polar surface area (TPSA) is 75.3 Å². The Kier molecular flexibility index (Phi) is 3.42. The molecule has 0 saturated heterocycles.